The van der Waals surface area contributed by atoms with Crippen LogP contribution >= 0.6 is 0 Å². The fourth-order valence-corrected chi connectivity index (χ4v) is 1.43. The Kier molecular flexibility index (Phi) is 3.82. The molecule has 0 spiro atoms. The van der Waals surface area contributed by atoms with E-state index in [0.717, 1.165) is 0 Å². The van der Waals surface area contributed by atoms with Crippen molar-refractivity contribution in [3.63, 3.8) is 0 Å². The Morgan fingerprint density at radius 3 is 2.62 bits per heavy atom. The molecule has 1 aliphatic carbocycles. The van der Waals surface area contributed by atoms with Gasteiger partial charge in [0.25, 0.3) is 0 Å². The summed E-state index contributed by atoms with van der Waals surface area (Å²) in [5.41, 5.74) is 1.38. The lowest BCUT2D eigenvalue weighted by molar-refractivity contribution is -0.118. The number of carbonyl (C=O) groups is 2. The van der Waals surface area contributed by atoms with Crippen LogP contribution in [0.4, 0.5) is 0 Å². The summed E-state index contributed by atoms with van der Waals surface area (Å²) < 4.78 is 4.94. The molecule has 1 rings (SSSR count). The smallest absolute Gasteiger partial charge is 0.224 e. The quantitative estimate of drug-likeness (QED) is 0.681. The molecule has 3 nitrogen and oxygen atoms in total. The summed E-state index contributed by atoms with van der Waals surface area (Å²) in [4.78, 5) is 23.4. The van der Waals surface area contributed by atoms with Gasteiger partial charge in [-0.05, 0) is 33.3 Å². The Morgan fingerprint density at radius 2 is 2.12 bits per heavy atom. The molecule has 0 saturated carbocycles. The van der Waals surface area contributed by atoms with E-state index in [4.69, 9.17) is 11.7 Å². The lowest BCUT2D eigenvalue weighted by Crippen LogP contribution is -2.19. The third-order valence-corrected chi connectivity index (χ3v) is 2.36. The van der Waals surface area contributed by atoms with Crippen molar-refractivity contribution in [1.82, 2.24) is 0 Å². The minimum absolute atomic E-state index is 0.130. The molecule has 16 heavy (non-hydrogen) atoms. The van der Waals surface area contributed by atoms with E-state index >= 15 is 0 Å². The first-order chi connectivity index (χ1) is 7.47. The van der Waals surface area contributed by atoms with Crippen molar-refractivity contribution in [2.75, 3.05) is 7.11 Å². The van der Waals surface area contributed by atoms with Crippen LogP contribution in [0, 0.1) is 6.92 Å². The normalized spacial score (nSPS) is 17.8. The van der Waals surface area contributed by atoms with E-state index in [-0.39, 0.29) is 17.3 Å². The van der Waals surface area contributed by atoms with Gasteiger partial charge < -0.3 is 4.74 Å². The summed E-state index contributed by atoms with van der Waals surface area (Å²) in [5, 5.41) is 0. The largest absolute Gasteiger partial charge is 0.492 e. The molecule has 3 heteroatoms. The lowest BCUT2D eigenvalue weighted by Gasteiger charge is -2.14. The molecule has 0 N–H and O–H groups in total. The molecule has 1 aliphatic rings. The fourth-order valence-electron chi connectivity index (χ4n) is 1.43. The van der Waals surface area contributed by atoms with E-state index in [1.807, 2.05) is 0 Å². The van der Waals surface area contributed by atoms with Gasteiger partial charge in [0.05, 0.1) is 7.11 Å². The number of methoxy groups -OCH3 is 1. The number of allylic oxidation sites excluding steroid dienone is 5. The number of carbonyl (C=O) groups excluding carboxylic acids is 2. The van der Waals surface area contributed by atoms with Crippen LogP contribution in [-0.2, 0) is 14.3 Å². The minimum Gasteiger partial charge on any atom is -0.492 e. The number of rotatable bonds is 3. The van der Waals surface area contributed by atoms with Gasteiger partial charge in [0, 0.05) is 11.1 Å². The lowest BCUT2D eigenvalue weighted by atomic mass is 9.93. The van der Waals surface area contributed by atoms with Crippen molar-refractivity contribution in [2.24, 2.45) is 0 Å². The standard InChI is InChI=1S/C13H14O3/c1-8(2)5-6-10-7-11(14)9(3)13(16-4)12(10)15/h1,5,7H,6H2,2-4H3/b8-5-. The van der Waals surface area contributed by atoms with Gasteiger partial charge in [-0.2, -0.15) is 0 Å². The van der Waals surface area contributed by atoms with Crippen LogP contribution in [0.5, 0.6) is 0 Å². The van der Waals surface area contributed by atoms with Crippen LogP contribution in [0.1, 0.15) is 20.3 Å². The number of ether oxygens (including phenoxy) is 1. The predicted molar refractivity (Wildman–Crippen MR) is 60.5 cm³/mol. The molecule has 0 saturated heterocycles. The molecule has 2 radical (unpaired) electrons. The molecule has 0 heterocycles. The number of ketones is 2. The van der Waals surface area contributed by atoms with Crippen LogP contribution in [0.15, 0.2) is 34.6 Å². The Labute approximate surface area is 95.5 Å². The summed E-state index contributed by atoms with van der Waals surface area (Å²) in [6.07, 6.45) is 3.40. The van der Waals surface area contributed by atoms with Crippen LogP contribution in [0.2, 0.25) is 0 Å². The molecule has 0 aromatic carbocycles. The van der Waals surface area contributed by atoms with Gasteiger partial charge in [0.15, 0.2) is 11.5 Å². The van der Waals surface area contributed by atoms with Crippen LogP contribution < -0.4 is 0 Å². The van der Waals surface area contributed by atoms with Gasteiger partial charge in [-0.3, -0.25) is 9.59 Å². The zero-order valence-corrected chi connectivity index (χ0v) is 9.66. The summed E-state index contributed by atoms with van der Waals surface area (Å²) in [5.74, 6) is -0.294. The third-order valence-electron chi connectivity index (χ3n) is 2.36. The maximum atomic E-state index is 11.9. The van der Waals surface area contributed by atoms with Gasteiger partial charge in [-0.15, -0.1) is 0 Å². The average molecular weight is 218 g/mol. The Hall–Kier alpha value is -1.64. The molecule has 0 atom stereocenters. The highest BCUT2D eigenvalue weighted by Gasteiger charge is 2.26. The molecule has 0 unspecified atom stereocenters. The minimum atomic E-state index is -0.239. The molecule has 0 aromatic rings. The van der Waals surface area contributed by atoms with Crippen LogP contribution in [0.25, 0.3) is 0 Å². The fraction of sp³-hybridized carbons (Fsp3) is 0.308. The van der Waals surface area contributed by atoms with Crippen molar-refractivity contribution in [3.8, 4) is 0 Å². The molecule has 0 aliphatic heterocycles. The third kappa shape index (κ3) is 2.48. The molecule has 84 valence electrons. The molecule has 0 fully saturated rings. The number of hydrogen-bond donors (Lipinski definition) is 0. The highest BCUT2D eigenvalue weighted by Crippen LogP contribution is 2.22. The van der Waals surface area contributed by atoms with E-state index in [1.54, 1.807) is 19.9 Å². The van der Waals surface area contributed by atoms with Crippen molar-refractivity contribution in [2.45, 2.75) is 20.3 Å². The summed E-state index contributed by atoms with van der Waals surface area (Å²) in [6.45, 7) is 8.79. The predicted octanol–water partition coefficient (Wildman–Crippen LogP) is 2.03. The van der Waals surface area contributed by atoms with E-state index in [1.165, 1.54) is 13.2 Å². The Bertz CT molecular complexity index is 418. The van der Waals surface area contributed by atoms with Crippen molar-refractivity contribution < 1.29 is 14.3 Å². The Balaban J connectivity index is 3.00. The summed E-state index contributed by atoms with van der Waals surface area (Å²) in [7, 11) is 1.39. The molecular formula is C13H14O3. The van der Waals surface area contributed by atoms with Gasteiger partial charge >= 0.3 is 0 Å². The average Bonchev–Trinajstić information content (AvgIpc) is 2.22. The second-order valence-corrected chi connectivity index (χ2v) is 3.67. The van der Waals surface area contributed by atoms with Crippen LogP contribution in [-0.4, -0.2) is 18.7 Å². The van der Waals surface area contributed by atoms with Crippen molar-refractivity contribution in [1.29, 1.82) is 0 Å². The molecule has 0 amide bonds. The zero-order valence-electron chi connectivity index (χ0n) is 9.66. The van der Waals surface area contributed by atoms with Crippen molar-refractivity contribution in [3.05, 3.63) is 41.6 Å². The first kappa shape index (κ1) is 12.4. The van der Waals surface area contributed by atoms with Gasteiger partial charge in [-0.1, -0.05) is 11.6 Å². The van der Waals surface area contributed by atoms with E-state index in [0.29, 0.717) is 23.1 Å². The van der Waals surface area contributed by atoms with Crippen LogP contribution in [0.3, 0.4) is 0 Å². The van der Waals surface area contributed by atoms with Crippen molar-refractivity contribution >= 4 is 11.6 Å². The molecule has 0 bridgehead atoms. The monoisotopic (exact) mass is 218 g/mol. The topological polar surface area (TPSA) is 43.4 Å². The first-order valence-corrected chi connectivity index (χ1v) is 4.94. The summed E-state index contributed by atoms with van der Waals surface area (Å²) in [6, 6.07) is 0. The molecule has 0 aromatic heterocycles. The van der Waals surface area contributed by atoms with E-state index in [9.17, 15) is 9.59 Å². The van der Waals surface area contributed by atoms with Gasteiger partial charge in [0.1, 0.15) is 0 Å². The highest BCUT2D eigenvalue weighted by molar-refractivity contribution is 6.21. The summed E-state index contributed by atoms with van der Waals surface area (Å²) >= 11 is 0. The second kappa shape index (κ2) is 4.92. The van der Waals surface area contributed by atoms with E-state index in [2.05, 4.69) is 0 Å². The number of hydrogen-bond acceptors (Lipinski definition) is 3. The van der Waals surface area contributed by atoms with E-state index < -0.39 is 0 Å². The van der Waals surface area contributed by atoms with Gasteiger partial charge in [0.2, 0.25) is 5.78 Å². The highest BCUT2D eigenvalue weighted by atomic mass is 16.5. The SMILES string of the molecule is [CH]/C(C)=C/CC1=CC(=O)C(C)=C(OC)C1=O. The second-order valence-electron chi connectivity index (χ2n) is 3.67. The number of Topliss-reactive ketones (excluding diaryl/α,β-unsaturated/α-hetero) is 1. The zero-order chi connectivity index (χ0) is 12.3. The molecular weight excluding hydrogens is 204 g/mol. The van der Waals surface area contributed by atoms with Gasteiger partial charge in [-0.25, -0.2) is 0 Å². The first-order valence-electron chi connectivity index (χ1n) is 4.94. The maximum absolute atomic E-state index is 11.9. The maximum Gasteiger partial charge on any atom is 0.224 e. The Morgan fingerprint density at radius 1 is 1.50 bits per heavy atom.